The number of aliphatic hydroxyl groups is 2. The van der Waals surface area contributed by atoms with Gasteiger partial charge in [0.25, 0.3) is 0 Å². The van der Waals surface area contributed by atoms with E-state index < -0.39 is 36.5 Å². The highest BCUT2D eigenvalue weighted by molar-refractivity contribution is 5.82. The summed E-state index contributed by atoms with van der Waals surface area (Å²) in [4.78, 5) is 24.9. The van der Waals surface area contributed by atoms with Crippen molar-refractivity contribution in [3.63, 3.8) is 0 Å². The number of allylic oxidation sites excluding steroid dienone is 7. The number of carbonyl (C=O) groups excluding carboxylic acids is 2. The molecule has 6 heterocycles. The Morgan fingerprint density at radius 2 is 1.58 bits per heavy atom. The van der Waals surface area contributed by atoms with E-state index in [0.29, 0.717) is 25.7 Å². The number of hydrogen-bond acceptors (Lipinski definition) is 10. The summed E-state index contributed by atoms with van der Waals surface area (Å²) in [5.41, 5.74) is 0.976. The maximum absolute atomic E-state index is 13.0. The van der Waals surface area contributed by atoms with Gasteiger partial charge in [-0.25, -0.2) is 4.79 Å². The van der Waals surface area contributed by atoms with Crippen LogP contribution in [0.4, 0.5) is 0 Å². The van der Waals surface area contributed by atoms with Gasteiger partial charge in [0.15, 0.2) is 6.10 Å². The predicted octanol–water partition coefficient (Wildman–Crippen LogP) is 8.25. The molecule has 6 rings (SSSR count). The molecule has 10 heteroatoms. The van der Waals surface area contributed by atoms with Gasteiger partial charge in [-0.15, -0.1) is 0 Å². The smallest absolute Gasteiger partial charge is 0.331 e. The van der Waals surface area contributed by atoms with Crippen molar-refractivity contribution in [1.29, 1.82) is 0 Å². The average Bonchev–Trinajstić information content (AvgIpc) is 3.58. The molecule has 10 nitrogen and oxygen atoms in total. The van der Waals surface area contributed by atoms with E-state index in [0.717, 1.165) is 37.7 Å². The number of esters is 2. The van der Waals surface area contributed by atoms with E-state index in [2.05, 4.69) is 63.8 Å². The van der Waals surface area contributed by atoms with Crippen LogP contribution in [0.15, 0.2) is 122 Å². The molecule has 0 aromatic rings. The van der Waals surface area contributed by atoms with E-state index in [-0.39, 0.29) is 67.0 Å². The molecule has 6 aliphatic rings. The Balaban J connectivity index is 1.26. The zero-order chi connectivity index (χ0) is 42.9. The molecule has 0 aromatic carbocycles. The number of aliphatic hydroxyl groups excluding tert-OH is 2. The minimum Gasteiger partial charge on any atom is -0.461 e. The van der Waals surface area contributed by atoms with E-state index >= 15 is 0 Å². The quantitative estimate of drug-likeness (QED) is 0.133. The van der Waals surface area contributed by atoms with Gasteiger partial charge in [0, 0.05) is 30.8 Å². The van der Waals surface area contributed by atoms with Gasteiger partial charge >= 0.3 is 11.9 Å². The number of unbranched alkanes of at least 4 members (excludes halogenated alkanes) is 1. The first-order chi connectivity index (χ1) is 29.0. The second-order valence-corrected chi connectivity index (χ2v) is 16.7. The maximum atomic E-state index is 13.0. The molecule has 14 atom stereocenters. The van der Waals surface area contributed by atoms with Gasteiger partial charge < -0.3 is 38.6 Å². The van der Waals surface area contributed by atoms with E-state index in [1.165, 1.54) is 6.08 Å². The largest absolute Gasteiger partial charge is 0.461 e. The molecule has 2 saturated heterocycles. The van der Waals surface area contributed by atoms with Gasteiger partial charge in [0.1, 0.15) is 37.1 Å². The lowest BCUT2D eigenvalue weighted by Crippen LogP contribution is -2.42. The minimum absolute atomic E-state index is 0.0599. The fourth-order valence-electron chi connectivity index (χ4n) is 8.23. The van der Waals surface area contributed by atoms with Crippen LogP contribution in [0, 0.1) is 17.8 Å². The topological polar surface area (TPSA) is 130 Å². The van der Waals surface area contributed by atoms with Crippen LogP contribution in [0.25, 0.3) is 0 Å². The van der Waals surface area contributed by atoms with Gasteiger partial charge in [-0.1, -0.05) is 131 Å². The Hall–Kier alpha value is -3.90. The molecular formula is C50H68O10. The summed E-state index contributed by atoms with van der Waals surface area (Å²) in [6.45, 7) is 12.2. The Kier molecular flexibility index (Phi) is 19.3. The molecule has 0 amide bonds. The summed E-state index contributed by atoms with van der Waals surface area (Å²) in [5.74, 6) is -0.121. The summed E-state index contributed by atoms with van der Waals surface area (Å²) in [5, 5.41) is 21.8. The summed E-state index contributed by atoms with van der Waals surface area (Å²) >= 11 is 0. The Bertz CT molecular complexity index is 1670. The van der Waals surface area contributed by atoms with Gasteiger partial charge in [-0.2, -0.15) is 0 Å². The molecule has 60 heavy (non-hydrogen) atoms. The lowest BCUT2D eigenvalue weighted by atomic mass is 9.90. The normalized spacial score (nSPS) is 39.1. The molecule has 0 aliphatic carbocycles. The van der Waals surface area contributed by atoms with Crippen LogP contribution in [0.1, 0.15) is 85.5 Å². The molecule has 328 valence electrons. The average molecular weight is 829 g/mol. The lowest BCUT2D eigenvalue weighted by molar-refractivity contribution is -0.148. The van der Waals surface area contributed by atoms with Crippen molar-refractivity contribution in [3.8, 4) is 0 Å². The van der Waals surface area contributed by atoms with Crippen molar-refractivity contribution in [2.45, 2.75) is 153 Å². The van der Waals surface area contributed by atoms with E-state index in [1.54, 1.807) is 24.3 Å². The highest BCUT2D eigenvalue weighted by Gasteiger charge is 2.45. The predicted molar refractivity (Wildman–Crippen MR) is 234 cm³/mol. The molecule has 0 spiro atoms. The van der Waals surface area contributed by atoms with Crippen LogP contribution in [0.2, 0.25) is 0 Å². The second kappa shape index (κ2) is 24.5. The Morgan fingerprint density at radius 1 is 0.817 bits per heavy atom. The van der Waals surface area contributed by atoms with Crippen LogP contribution < -0.4 is 0 Å². The van der Waals surface area contributed by atoms with E-state index in [4.69, 9.17) is 28.4 Å². The lowest BCUT2D eigenvalue weighted by Gasteiger charge is -2.34. The number of ether oxygens (including phenoxy) is 6. The van der Waals surface area contributed by atoms with Gasteiger partial charge in [-0.3, -0.25) is 4.79 Å². The molecule has 7 bridgehead atoms. The standard InChI is InChI=1S/C50H68O10/c1-6-31-55-47(52)25-17-16-19-34(2)32-36(4)50-44-30-28-38(56-50)20-12-8-7-9-13-21-39(51)49(54)43-29-27-35(3)40(57-43)23-18-24-41-37(5)45-33-46(58-41)42(59-45)22-14-10-11-15-26-48(53)60-44/h6,8,10-15,18,21-22,24,26-30,32,34-35,37-46,49-51,54H,1,7,9,16-17,19-20,23,25,31,33H2,2-5H3/b11-10-,12-8+,21-13+,22-14+,24-18+,26-15-,36-32+/t34-,35-,37+,38+,39+,40-,41+,42-,43-,44-,45-,46-,49+,50+/m1/s1. The highest BCUT2D eigenvalue weighted by atomic mass is 16.6. The summed E-state index contributed by atoms with van der Waals surface area (Å²) in [6.07, 6.45) is 36.1. The first-order valence-corrected chi connectivity index (χ1v) is 22.0. The molecule has 0 aromatic heterocycles. The molecule has 0 radical (unpaired) electrons. The van der Waals surface area contributed by atoms with Crippen LogP contribution in [-0.4, -0.2) is 95.9 Å². The maximum Gasteiger partial charge on any atom is 0.331 e. The SMILES string of the molecule is C=CCOC(=O)CCCC[C@@H](C)/C=C(\C)[C@@H]1O[C@@H]2C=C[C@H]1OC(=O)\C=C/C=C\C=C\[C@H]1O[C@@H]3C[C@H]1O[C@@H](/C=C/C[C@H]1O[C@H](C=C[C@H]1C)[C@@H](O)[C@@H](O)/C=C/CC/C=C/C2)[C@@H]3C. The monoisotopic (exact) mass is 828 g/mol. The van der Waals surface area contributed by atoms with Crippen molar-refractivity contribution in [1.82, 2.24) is 0 Å². The summed E-state index contributed by atoms with van der Waals surface area (Å²) in [6, 6.07) is 0. The van der Waals surface area contributed by atoms with Crippen molar-refractivity contribution < 1.29 is 48.2 Å². The second-order valence-electron chi connectivity index (χ2n) is 16.7. The van der Waals surface area contributed by atoms with Crippen LogP contribution in [-0.2, 0) is 38.0 Å². The van der Waals surface area contributed by atoms with Crippen molar-refractivity contribution in [2.75, 3.05) is 6.61 Å². The third-order valence-corrected chi connectivity index (χ3v) is 11.8. The summed E-state index contributed by atoms with van der Waals surface area (Å²) in [7, 11) is 0. The first-order valence-electron chi connectivity index (χ1n) is 22.0. The van der Waals surface area contributed by atoms with Crippen LogP contribution >= 0.6 is 0 Å². The molecular weight excluding hydrogens is 761 g/mol. The number of rotatable bonds is 9. The van der Waals surface area contributed by atoms with Gasteiger partial charge in [0.2, 0.25) is 0 Å². The third kappa shape index (κ3) is 14.6. The highest BCUT2D eigenvalue weighted by Crippen LogP contribution is 2.38. The van der Waals surface area contributed by atoms with Gasteiger partial charge in [0.05, 0.1) is 30.5 Å². The fraction of sp³-hybridized carbons (Fsp3) is 0.560. The number of fused-ring (bicyclic) bond motifs is 13. The van der Waals surface area contributed by atoms with E-state index in [1.807, 2.05) is 49.5 Å². The molecule has 6 aliphatic heterocycles. The Morgan fingerprint density at radius 3 is 2.42 bits per heavy atom. The number of hydrogen-bond donors (Lipinski definition) is 2. The van der Waals surface area contributed by atoms with Crippen LogP contribution in [0.5, 0.6) is 0 Å². The molecule has 2 N–H and O–H groups in total. The van der Waals surface area contributed by atoms with E-state index in [9.17, 15) is 19.8 Å². The zero-order valence-corrected chi connectivity index (χ0v) is 35.9. The first kappa shape index (κ1) is 47.2. The summed E-state index contributed by atoms with van der Waals surface area (Å²) < 4.78 is 36.8. The van der Waals surface area contributed by atoms with Crippen molar-refractivity contribution in [2.24, 2.45) is 17.8 Å². The van der Waals surface area contributed by atoms with Crippen LogP contribution in [0.3, 0.4) is 0 Å². The third-order valence-electron chi connectivity index (χ3n) is 11.8. The minimum atomic E-state index is -1.09. The van der Waals surface area contributed by atoms with Crippen molar-refractivity contribution >= 4 is 11.9 Å². The van der Waals surface area contributed by atoms with Crippen molar-refractivity contribution in [3.05, 3.63) is 122 Å². The Labute approximate surface area is 357 Å². The van der Waals surface area contributed by atoms with Gasteiger partial charge in [-0.05, 0) is 63.0 Å². The fourth-order valence-corrected chi connectivity index (χ4v) is 8.23. The number of carbonyl (C=O) groups is 2. The zero-order valence-electron chi connectivity index (χ0n) is 35.9. The molecule has 0 unspecified atom stereocenters. The molecule has 0 saturated carbocycles. The molecule has 2 fully saturated rings.